The number of halogens is 1. The van der Waals surface area contributed by atoms with E-state index in [1.54, 1.807) is 12.3 Å². The van der Waals surface area contributed by atoms with Gasteiger partial charge in [-0.3, -0.25) is 0 Å². The number of benzene rings is 2. The molecule has 0 saturated carbocycles. The second-order valence-electron chi connectivity index (χ2n) is 4.33. The lowest BCUT2D eigenvalue weighted by molar-refractivity contribution is 0.483. The summed E-state index contributed by atoms with van der Waals surface area (Å²) in [5.41, 5.74) is 1.70. The Labute approximate surface area is 127 Å². The lowest BCUT2D eigenvalue weighted by Gasteiger charge is -2.08. The van der Waals surface area contributed by atoms with E-state index in [0.717, 1.165) is 22.9 Å². The molecule has 0 bridgehead atoms. The quantitative estimate of drug-likeness (QED) is 0.760. The fourth-order valence-electron chi connectivity index (χ4n) is 1.81. The molecule has 0 unspecified atom stereocenters. The molecule has 4 nitrogen and oxygen atoms in total. The van der Waals surface area contributed by atoms with Crippen molar-refractivity contribution in [3.63, 3.8) is 0 Å². The zero-order valence-corrected chi connectivity index (χ0v) is 11.8. The summed E-state index contributed by atoms with van der Waals surface area (Å²) in [5.74, 6) is 1.58. The van der Waals surface area contributed by atoms with Crippen LogP contribution in [0.5, 0.6) is 11.5 Å². The van der Waals surface area contributed by atoms with Crippen molar-refractivity contribution in [2.45, 2.75) is 0 Å². The molecular weight excluding hydrogens is 286 g/mol. The molecule has 0 amide bonds. The van der Waals surface area contributed by atoms with E-state index in [1.165, 1.54) is 0 Å². The maximum atomic E-state index is 5.79. The molecule has 21 heavy (non-hydrogen) atoms. The number of ether oxygens (including phenoxy) is 1. The molecule has 1 heterocycles. The average molecular weight is 298 g/mol. The summed E-state index contributed by atoms with van der Waals surface area (Å²) in [6, 6.07) is 19.0. The second kappa shape index (κ2) is 6.24. The first-order valence-corrected chi connectivity index (χ1v) is 6.76. The Kier molecular flexibility index (Phi) is 3.98. The number of para-hydroxylation sites is 1. The molecule has 3 aromatic rings. The molecule has 1 aromatic heterocycles. The summed E-state index contributed by atoms with van der Waals surface area (Å²) in [5, 5.41) is 11.0. The number of rotatable bonds is 4. The highest BCUT2D eigenvalue weighted by molar-refractivity contribution is 6.29. The number of anilines is 2. The van der Waals surface area contributed by atoms with Crippen molar-refractivity contribution in [3.05, 3.63) is 72.0 Å². The molecule has 3 rings (SSSR count). The van der Waals surface area contributed by atoms with Crippen LogP contribution in [0.2, 0.25) is 5.15 Å². The third-order valence-corrected chi connectivity index (χ3v) is 2.93. The van der Waals surface area contributed by atoms with Crippen molar-refractivity contribution in [3.8, 4) is 11.5 Å². The molecule has 0 fully saturated rings. The Bertz CT molecular complexity index is 717. The van der Waals surface area contributed by atoms with Crippen LogP contribution in [0.15, 0.2) is 66.9 Å². The van der Waals surface area contributed by atoms with Gasteiger partial charge in [0.2, 0.25) is 0 Å². The minimum absolute atomic E-state index is 0.351. The van der Waals surface area contributed by atoms with Crippen LogP contribution in [-0.2, 0) is 0 Å². The fourth-order valence-corrected chi connectivity index (χ4v) is 1.97. The molecule has 2 aromatic carbocycles. The summed E-state index contributed by atoms with van der Waals surface area (Å²) in [6.45, 7) is 0. The molecule has 1 N–H and O–H groups in total. The van der Waals surface area contributed by atoms with Gasteiger partial charge in [0, 0.05) is 11.8 Å². The Balaban J connectivity index is 1.69. The van der Waals surface area contributed by atoms with Gasteiger partial charge in [0.05, 0.1) is 11.9 Å². The third kappa shape index (κ3) is 3.70. The first-order valence-electron chi connectivity index (χ1n) is 6.38. The van der Waals surface area contributed by atoms with E-state index in [-0.39, 0.29) is 0 Å². The van der Waals surface area contributed by atoms with Gasteiger partial charge in [0.15, 0.2) is 5.15 Å². The van der Waals surface area contributed by atoms with Crippen molar-refractivity contribution in [2.24, 2.45) is 0 Å². The van der Waals surface area contributed by atoms with Crippen LogP contribution in [0.25, 0.3) is 0 Å². The predicted octanol–water partition coefficient (Wildman–Crippen LogP) is 4.67. The minimum atomic E-state index is 0.351. The first kappa shape index (κ1) is 13.4. The lowest BCUT2D eigenvalue weighted by Crippen LogP contribution is -1.92. The molecule has 0 saturated heterocycles. The van der Waals surface area contributed by atoms with Crippen LogP contribution < -0.4 is 10.1 Å². The van der Waals surface area contributed by atoms with Crippen molar-refractivity contribution < 1.29 is 4.74 Å². The van der Waals surface area contributed by atoms with E-state index < -0.39 is 0 Å². The van der Waals surface area contributed by atoms with Crippen LogP contribution >= 0.6 is 11.6 Å². The van der Waals surface area contributed by atoms with Gasteiger partial charge in [-0.1, -0.05) is 29.8 Å². The molecule has 0 spiro atoms. The van der Waals surface area contributed by atoms with Crippen LogP contribution in [0.4, 0.5) is 11.4 Å². The van der Waals surface area contributed by atoms with Gasteiger partial charge in [-0.05, 0) is 36.4 Å². The van der Waals surface area contributed by atoms with E-state index in [9.17, 15) is 0 Å². The zero-order valence-electron chi connectivity index (χ0n) is 11.0. The standard InChI is InChI=1S/C16H12ClN3O/c17-16-10-13(11-18-20-16)19-12-6-8-15(9-7-12)21-14-4-2-1-3-5-14/h1-11H,(H,19,20). The van der Waals surface area contributed by atoms with Gasteiger partial charge in [-0.2, -0.15) is 5.10 Å². The number of hydrogen-bond donors (Lipinski definition) is 1. The molecule has 0 atom stereocenters. The molecule has 0 radical (unpaired) electrons. The number of nitrogens with one attached hydrogen (secondary N) is 1. The number of hydrogen-bond acceptors (Lipinski definition) is 4. The lowest BCUT2D eigenvalue weighted by atomic mass is 10.3. The van der Waals surface area contributed by atoms with Crippen molar-refractivity contribution in [1.29, 1.82) is 0 Å². The second-order valence-corrected chi connectivity index (χ2v) is 4.72. The molecule has 104 valence electrons. The topological polar surface area (TPSA) is 47.0 Å². The predicted molar refractivity (Wildman–Crippen MR) is 83.3 cm³/mol. The maximum Gasteiger partial charge on any atom is 0.153 e. The summed E-state index contributed by atoms with van der Waals surface area (Å²) >= 11 is 5.79. The Hall–Kier alpha value is -2.59. The van der Waals surface area contributed by atoms with Crippen LogP contribution in [0.3, 0.4) is 0 Å². The van der Waals surface area contributed by atoms with E-state index in [1.807, 2.05) is 54.6 Å². The van der Waals surface area contributed by atoms with Crippen molar-refractivity contribution in [2.75, 3.05) is 5.32 Å². The summed E-state index contributed by atoms with van der Waals surface area (Å²) in [6.07, 6.45) is 1.61. The summed E-state index contributed by atoms with van der Waals surface area (Å²) < 4.78 is 5.73. The highest BCUT2D eigenvalue weighted by Crippen LogP contribution is 2.24. The highest BCUT2D eigenvalue weighted by atomic mass is 35.5. The fraction of sp³-hybridized carbons (Fsp3) is 0. The first-order chi connectivity index (χ1) is 10.3. The largest absolute Gasteiger partial charge is 0.457 e. The Morgan fingerprint density at radius 2 is 1.57 bits per heavy atom. The molecule has 0 aliphatic heterocycles. The van der Waals surface area contributed by atoms with Gasteiger partial charge in [-0.25, -0.2) is 0 Å². The highest BCUT2D eigenvalue weighted by Gasteiger charge is 1.99. The molecule has 5 heteroatoms. The molecule has 0 aliphatic carbocycles. The van der Waals surface area contributed by atoms with Gasteiger partial charge in [0.25, 0.3) is 0 Å². The van der Waals surface area contributed by atoms with Crippen molar-refractivity contribution in [1.82, 2.24) is 10.2 Å². The third-order valence-electron chi connectivity index (χ3n) is 2.75. The van der Waals surface area contributed by atoms with Gasteiger partial charge in [-0.15, -0.1) is 5.10 Å². The van der Waals surface area contributed by atoms with E-state index in [0.29, 0.717) is 5.15 Å². The smallest absolute Gasteiger partial charge is 0.153 e. The minimum Gasteiger partial charge on any atom is -0.457 e. The maximum absolute atomic E-state index is 5.79. The number of nitrogens with zero attached hydrogens (tertiary/aromatic N) is 2. The zero-order chi connectivity index (χ0) is 14.5. The van der Waals surface area contributed by atoms with Gasteiger partial charge in [0.1, 0.15) is 11.5 Å². The van der Waals surface area contributed by atoms with Crippen molar-refractivity contribution >= 4 is 23.0 Å². The Morgan fingerprint density at radius 1 is 0.857 bits per heavy atom. The van der Waals surface area contributed by atoms with E-state index in [4.69, 9.17) is 16.3 Å². The molecular formula is C16H12ClN3O. The SMILES string of the molecule is Clc1cc(Nc2ccc(Oc3ccccc3)cc2)cnn1. The van der Waals surface area contributed by atoms with E-state index >= 15 is 0 Å². The average Bonchev–Trinajstić information content (AvgIpc) is 2.50. The van der Waals surface area contributed by atoms with Gasteiger partial charge < -0.3 is 10.1 Å². The van der Waals surface area contributed by atoms with Crippen LogP contribution in [0.1, 0.15) is 0 Å². The van der Waals surface area contributed by atoms with Gasteiger partial charge >= 0.3 is 0 Å². The summed E-state index contributed by atoms with van der Waals surface area (Å²) in [7, 11) is 0. The van der Waals surface area contributed by atoms with Crippen LogP contribution in [-0.4, -0.2) is 10.2 Å². The van der Waals surface area contributed by atoms with E-state index in [2.05, 4.69) is 15.5 Å². The monoisotopic (exact) mass is 297 g/mol. The summed E-state index contributed by atoms with van der Waals surface area (Å²) in [4.78, 5) is 0. The van der Waals surface area contributed by atoms with Crippen LogP contribution in [0, 0.1) is 0 Å². The molecule has 0 aliphatic rings. The number of aromatic nitrogens is 2. The normalized spacial score (nSPS) is 10.1. The Morgan fingerprint density at radius 3 is 2.29 bits per heavy atom.